The summed E-state index contributed by atoms with van der Waals surface area (Å²) in [5, 5.41) is 5.37. The SMILES string of the molecule is CC(=O)NCCNC(=O)Cc1ccc(OC(C)C)cc1. The van der Waals surface area contributed by atoms with Gasteiger partial charge in [0.25, 0.3) is 0 Å². The molecular weight excluding hydrogens is 256 g/mol. The predicted octanol–water partition coefficient (Wildman–Crippen LogP) is 1.27. The highest BCUT2D eigenvalue weighted by Gasteiger charge is 2.04. The largest absolute Gasteiger partial charge is 0.491 e. The lowest BCUT2D eigenvalue weighted by Crippen LogP contribution is -2.34. The van der Waals surface area contributed by atoms with Gasteiger partial charge < -0.3 is 15.4 Å². The maximum absolute atomic E-state index is 11.7. The predicted molar refractivity (Wildman–Crippen MR) is 77.6 cm³/mol. The third kappa shape index (κ3) is 6.78. The minimum Gasteiger partial charge on any atom is -0.491 e. The normalized spacial score (nSPS) is 10.2. The summed E-state index contributed by atoms with van der Waals surface area (Å²) >= 11 is 0. The zero-order chi connectivity index (χ0) is 15.0. The topological polar surface area (TPSA) is 67.4 Å². The van der Waals surface area contributed by atoms with Crippen molar-refractivity contribution in [3.05, 3.63) is 29.8 Å². The quantitative estimate of drug-likeness (QED) is 0.738. The zero-order valence-electron chi connectivity index (χ0n) is 12.2. The number of hydrogen-bond acceptors (Lipinski definition) is 3. The van der Waals surface area contributed by atoms with Gasteiger partial charge in [-0.1, -0.05) is 12.1 Å². The van der Waals surface area contributed by atoms with Gasteiger partial charge in [0.1, 0.15) is 5.75 Å². The average Bonchev–Trinajstić information content (AvgIpc) is 2.36. The molecule has 0 aromatic heterocycles. The van der Waals surface area contributed by atoms with Crippen LogP contribution in [0.5, 0.6) is 5.75 Å². The Bertz CT molecular complexity index is 441. The molecular formula is C15H22N2O3. The van der Waals surface area contributed by atoms with Crippen LogP contribution in [0.1, 0.15) is 26.3 Å². The first-order valence-corrected chi connectivity index (χ1v) is 6.74. The summed E-state index contributed by atoms with van der Waals surface area (Å²) in [4.78, 5) is 22.3. The van der Waals surface area contributed by atoms with Gasteiger partial charge in [0, 0.05) is 20.0 Å². The molecule has 0 saturated heterocycles. The van der Waals surface area contributed by atoms with E-state index < -0.39 is 0 Å². The summed E-state index contributed by atoms with van der Waals surface area (Å²) in [6.07, 6.45) is 0.458. The fraction of sp³-hybridized carbons (Fsp3) is 0.467. The first-order chi connectivity index (χ1) is 9.47. The van der Waals surface area contributed by atoms with Crippen molar-refractivity contribution in [2.24, 2.45) is 0 Å². The van der Waals surface area contributed by atoms with Crippen LogP contribution in [0, 0.1) is 0 Å². The summed E-state index contributed by atoms with van der Waals surface area (Å²) in [7, 11) is 0. The van der Waals surface area contributed by atoms with E-state index in [9.17, 15) is 9.59 Å². The lowest BCUT2D eigenvalue weighted by atomic mass is 10.1. The minimum atomic E-state index is -0.0972. The molecule has 5 nitrogen and oxygen atoms in total. The summed E-state index contributed by atoms with van der Waals surface area (Å²) in [5.41, 5.74) is 0.929. The van der Waals surface area contributed by atoms with E-state index in [0.29, 0.717) is 19.5 Å². The van der Waals surface area contributed by atoms with Gasteiger partial charge in [-0.3, -0.25) is 9.59 Å². The van der Waals surface area contributed by atoms with Crippen LogP contribution in [0.25, 0.3) is 0 Å². The van der Waals surface area contributed by atoms with Crippen molar-refractivity contribution in [3.63, 3.8) is 0 Å². The van der Waals surface area contributed by atoms with Crippen molar-refractivity contribution in [2.45, 2.75) is 33.3 Å². The first-order valence-electron chi connectivity index (χ1n) is 6.74. The number of carbonyl (C=O) groups is 2. The highest BCUT2D eigenvalue weighted by Crippen LogP contribution is 2.14. The number of carbonyl (C=O) groups excluding carboxylic acids is 2. The van der Waals surface area contributed by atoms with Gasteiger partial charge >= 0.3 is 0 Å². The molecule has 0 atom stereocenters. The monoisotopic (exact) mass is 278 g/mol. The molecule has 0 aliphatic heterocycles. The second kappa shape index (κ2) is 8.19. The third-order valence-electron chi connectivity index (χ3n) is 2.48. The third-order valence-corrected chi connectivity index (χ3v) is 2.48. The van der Waals surface area contributed by atoms with Gasteiger partial charge in [0.2, 0.25) is 11.8 Å². The van der Waals surface area contributed by atoms with E-state index in [1.54, 1.807) is 0 Å². The van der Waals surface area contributed by atoms with Gasteiger partial charge in [-0.2, -0.15) is 0 Å². The molecule has 0 spiro atoms. The van der Waals surface area contributed by atoms with Crippen molar-refractivity contribution in [3.8, 4) is 5.75 Å². The van der Waals surface area contributed by atoms with Crippen molar-refractivity contribution in [2.75, 3.05) is 13.1 Å². The van der Waals surface area contributed by atoms with Crippen LogP contribution in [0.2, 0.25) is 0 Å². The van der Waals surface area contributed by atoms with Gasteiger partial charge in [-0.05, 0) is 31.5 Å². The van der Waals surface area contributed by atoms with E-state index in [0.717, 1.165) is 11.3 Å². The Kier molecular flexibility index (Phi) is 6.56. The number of amides is 2. The fourth-order valence-corrected chi connectivity index (χ4v) is 1.65. The zero-order valence-corrected chi connectivity index (χ0v) is 12.2. The molecule has 0 radical (unpaired) electrons. The molecule has 0 aliphatic carbocycles. The van der Waals surface area contributed by atoms with Gasteiger partial charge in [0.15, 0.2) is 0 Å². The standard InChI is InChI=1S/C15H22N2O3/c1-11(2)20-14-6-4-13(5-7-14)10-15(19)17-9-8-16-12(3)18/h4-7,11H,8-10H2,1-3H3,(H,16,18)(H,17,19). The van der Waals surface area contributed by atoms with Crippen LogP contribution in [0.15, 0.2) is 24.3 Å². The van der Waals surface area contributed by atoms with E-state index in [-0.39, 0.29) is 17.9 Å². The van der Waals surface area contributed by atoms with Gasteiger partial charge in [-0.25, -0.2) is 0 Å². The number of benzene rings is 1. The molecule has 1 aromatic rings. The van der Waals surface area contributed by atoms with E-state index in [1.165, 1.54) is 6.92 Å². The van der Waals surface area contributed by atoms with E-state index in [1.807, 2.05) is 38.1 Å². The molecule has 0 aliphatic rings. The Balaban J connectivity index is 2.32. The molecule has 2 N–H and O–H groups in total. The van der Waals surface area contributed by atoms with E-state index in [4.69, 9.17) is 4.74 Å². The van der Waals surface area contributed by atoms with Gasteiger partial charge in [0.05, 0.1) is 12.5 Å². The molecule has 5 heteroatoms. The Morgan fingerprint density at radius 1 is 1.10 bits per heavy atom. The van der Waals surface area contributed by atoms with E-state index in [2.05, 4.69) is 10.6 Å². The molecule has 0 saturated carbocycles. The summed E-state index contributed by atoms with van der Waals surface area (Å²) in [5.74, 6) is 0.641. The Hall–Kier alpha value is -2.04. The molecule has 0 unspecified atom stereocenters. The lowest BCUT2D eigenvalue weighted by Gasteiger charge is -2.10. The summed E-state index contributed by atoms with van der Waals surface area (Å²) in [6, 6.07) is 7.48. The highest BCUT2D eigenvalue weighted by molar-refractivity contribution is 5.78. The Labute approximate surface area is 119 Å². The number of nitrogens with one attached hydrogen (secondary N) is 2. The molecule has 1 rings (SSSR count). The van der Waals surface area contributed by atoms with Gasteiger partial charge in [-0.15, -0.1) is 0 Å². The fourth-order valence-electron chi connectivity index (χ4n) is 1.65. The van der Waals surface area contributed by atoms with Crippen molar-refractivity contribution >= 4 is 11.8 Å². The maximum Gasteiger partial charge on any atom is 0.224 e. The Morgan fingerprint density at radius 3 is 2.25 bits per heavy atom. The van der Waals surface area contributed by atoms with Crippen LogP contribution in [0.3, 0.4) is 0 Å². The highest BCUT2D eigenvalue weighted by atomic mass is 16.5. The van der Waals surface area contributed by atoms with Crippen molar-refractivity contribution in [1.29, 1.82) is 0 Å². The molecule has 110 valence electrons. The second-order valence-corrected chi connectivity index (χ2v) is 4.82. The van der Waals surface area contributed by atoms with Crippen LogP contribution >= 0.6 is 0 Å². The van der Waals surface area contributed by atoms with Crippen LogP contribution in [-0.4, -0.2) is 31.0 Å². The number of rotatable bonds is 7. The molecule has 0 bridgehead atoms. The average molecular weight is 278 g/mol. The molecule has 0 heterocycles. The smallest absolute Gasteiger partial charge is 0.224 e. The summed E-state index contributed by atoms with van der Waals surface area (Å²) in [6.45, 7) is 6.27. The first kappa shape index (κ1) is 16.0. The van der Waals surface area contributed by atoms with Crippen LogP contribution < -0.4 is 15.4 Å². The van der Waals surface area contributed by atoms with Crippen molar-refractivity contribution < 1.29 is 14.3 Å². The lowest BCUT2D eigenvalue weighted by molar-refractivity contribution is -0.121. The minimum absolute atomic E-state index is 0.0621. The molecule has 0 fully saturated rings. The van der Waals surface area contributed by atoms with Crippen LogP contribution in [-0.2, 0) is 16.0 Å². The Morgan fingerprint density at radius 2 is 1.70 bits per heavy atom. The maximum atomic E-state index is 11.7. The molecule has 2 amide bonds. The van der Waals surface area contributed by atoms with E-state index >= 15 is 0 Å². The molecule has 20 heavy (non-hydrogen) atoms. The number of hydrogen-bond donors (Lipinski definition) is 2. The van der Waals surface area contributed by atoms with Crippen molar-refractivity contribution in [1.82, 2.24) is 10.6 Å². The number of ether oxygens (including phenoxy) is 1. The molecule has 1 aromatic carbocycles. The summed E-state index contributed by atoms with van der Waals surface area (Å²) < 4.78 is 5.54. The van der Waals surface area contributed by atoms with Crippen LogP contribution in [0.4, 0.5) is 0 Å². The second-order valence-electron chi connectivity index (χ2n) is 4.82.